The molecule has 18 heavy (non-hydrogen) atoms. The second-order valence-corrected chi connectivity index (χ2v) is 5.18. The highest BCUT2D eigenvalue weighted by atomic mass is 32.2. The molecule has 3 N–H and O–H groups in total. The largest absolute Gasteiger partial charge is 0.508 e. The maximum absolute atomic E-state index is 10.7. The highest BCUT2D eigenvalue weighted by molar-refractivity contribution is 7.85. The van der Waals surface area contributed by atoms with E-state index in [1.54, 1.807) is 0 Å². The molecule has 1 aromatic rings. The first-order chi connectivity index (χ1) is 8.41. The molecular formula is C11H17NO5S. The lowest BCUT2D eigenvalue weighted by atomic mass is 10.2. The van der Waals surface area contributed by atoms with Crippen LogP contribution < -0.4 is 5.32 Å². The number of phenols is 1. The van der Waals surface area contributed by atoms with E-state index in [1.165, 1.54) is 19.1 Å². The molecule has 2 rings (SSSR count). The predicted molar refractivity (Wildman–Crippen MR) is 66.3 cm³/mol. The van der Waals surface area contributed by atoms with Crippen molar-refractivity contribution in [2.45, 2.75) is 11.8 Å². The Labute approximate surface area is 106 Å². The van der Waals surface area contributed by atoms with E-state index in [-0.39, 0.29) is 10.6 Å². The van der Waals surface area contributed by atoms with Gasteiger partial charge in [-0.15, -0.1) is 0 Å². The van der Waals surface area contributed by atoms with Gasteiger partial charge in [0.05, 0.1) is 13.2 Å². The summed E-state index contributed by atoms with van der Waals surface area (Å²) in [4.78, 5) is -0.262. The summed E-state index contributed by atoms with van der Waals surface area (Å²) >= 11 is 0. The van der Waals surface area contributed by atoms with Crippen molar-refractivity contribution in [3.63, 3.8) is 0 Å². The molecule has 1 saturated heterocycles. The van der Waals surface area contributed by atoms with E-state index < -0.39 is 10.1 Å². The molecular weight excluding hydrogens is 258 g/mol. The fourth-order valence-electron chi connectivity index (χ4n) is 1.38. The van der Waals surface area contributed by atoms with Crippen LogP contribution in [0.1, 0.15) is 5.56 Å². The lowest BCUT2D eigenvalue weighted by Crippen LogP contribution is -2.30. The Kier molecular flexibility index (Phi) is 5.54. The Bertz CT molecular complexity index is 471. The van der Waals surface area contributed by atoms with Crippen molar-refractivity contribution < 1.29 is 22.8 Å². The molecule has 0 spiro atoms. The number of benzene rings is 1. The monoisotopic (exact) mass is 275 g/mol. The third kappa shape index (κ3) is 5.01. The molecule has 1 fully saturated rings. The Morgan fingerprint density at radius 2 is 1.89 bits per heavy atom. The van der Waals surface area contributed by atoms with E-state index in [9.17, 15) is 8.42 Å². The van der Waals surface area contributed by atoms with Crippen molar-refractivity contribution >= 4 is 10.1 Å². The Morgan fingerprint density at radius 1 is 1.28 bits per heavy atom. The average molecular weight is 275 g/mol. The third-order valence-electron chi connectivity index (χ3n) is 2.30. The fraction of sp³-hybridized carbons (Fsp3) is 0.455. The van der Waals surface area contributed by atoms with E-state index in [4.69, 9.17) is 14.4 Å². The van der Waals surface area contributed by atoms with Gasteiger partial charge in [0.2, 0.25) is 0 Å². The number of phenolic OH excluding ortho intramolecular Hbond substituents is 1. The summed E-state index contributed by atoms with van der Waals surface area (Å²) < 4.78 is 35.0. The van der Waals surface area contributed by atoms with E-state index in [0.717, 1.165) is 32.4 Å². The maximum atomic E-state index is 10.7. The SMILES string of the molecule is C1COCCN1.Cc1ccc(O)cc1S(=O)(=O)O. The fourth-order valence-corrected chi connectivity index (χ4v) is 2.13. The molecule has 1 aromatic carbocycles. The molecule has 102 valence electrons. The van der Waals surface area contributed by atoms with E-state index >= 15 is 0 Å². The van der Waals surface area contributed by atoms with E-state index in [1.807, 2.05) is 0 Å². The van der Waals surface area contributed by atoms with Gasteiger partial charge in [0, 0.05) is 19.2 Å². The summed E-state index contributed by atoms with van der Waals surface area (Å²) in [7, 11) is -4.22. The topological polar surface area (TPSA) is 95.9 Å². The molecule has 7 heteroatoms. The quantitative estimate of drug-likeness (QED) is 0.648. The van der Waals surface area contributed by atoms with Crippen LogP contribution >= 0.6 is 0 Å². The predicted octanol–water partition coefficient (Wildman–Crippen LogP) is 0.554. The first-order valence-corrected chi connectivity index (χ1v) is 6.91. The number of hydrogen-bond acceptors (Lipinski definition) is 5. The van der Waals surface area contributed by atoms with Crippen LogP contribution in [-0.2, 0) is 14.9 Å². The van der Waals surface area contributed by atoms with Crippen LogP contribution in [-0.4, -0.2) is 44.4 Å². The van der Waals surface area contributed by atoms with E-state index in [2.05, 4.69) is 5.32 Å². The summed E-state index contributed by atoms with van der Waals surface area (Å²) in [6.45, 7) is 5.36. The number of rotatable bonds is 1. The van der Waals surface area contributed by atoms with Crippen LogP contribution in [0.25, 0.3) is 0 Å². The maximum Gasteiger partial charge on any atom is 0.294 e. The first kappa shape index (κ1) is 14.9. The van der Waals surface area contributed by atoms with Crippen molar-refractivity contribution in [3.8, 4) is 5.75 Å². The second-order valence-electron chi connectivity index (χ2n) is 3.79. The number of ether oxygens (including phenoxy) is 1. The van der Waals surface area contributed by atoms with Gasteiger partial charge >= 0.3 is 0 Å². The van der Waals surface area contributed by atoms with Gasteiger partial charge in [0.1, 0.15) is 10.6 Å². The van der Waals surface area contributed by atoms with Crippen molar-refractivity contribution in [1.82, 2.24) is 5.32 Å². The summed E-state index contributed by atoms with van der Waals surface area (Å²) in [6.07, 6.45) is 0. The molecule has 0 radical (unpaired) electrons. The number of aromatic hydroxyl groups is 1. The Hall–Kier alpha value is -1.15. The lowest BCUT2D eigenvalue weighted by Gasteiger charge is -2.10. The Morgan fingerprint density at radius 3 is 2.22 bits per heavy atom. The minimum Gasteiger partial charge on any atom is -0.508 e. The summed E-state index contributed by atoms with van der Waals surface area (Å²) in [6, 6.07) is 3.77. The van der Waals surface area contributed by atoms with Gasteiger partial charge in [0.15, 0.2) is 0 Å². The van der Waals surface area contributed by atoms with Gasteiger partial charge in [-0.2, -0.15) is 8.42 Å². The molecule has 1 aliphatic heterocycles. The number of nitrogens with one attached hydrogen (secondary N) is 1. The van der Waals surface area contributed by atoms with Crippen molar-refractivity contribution in [2.75, 3.05) is 26.3 Å². The van der Waals surface area contributed by atoms with Crippen LogP contribution in [0.3, 0.4) is 0 Å². The summed E-state index contributed by atoms with van der Waals surface area (Å²) in [5.74, 6) is -0.187. The zero-order valence-corrected chi connectivity index (χ0v) is 10.9. The smallest absolute Gasteiger partial charge is 0.294 e. The zero-order valence-electron chi connectivity index (χ0n) is 10.1. The van der Waals surface area contributed by atoms with Gasteiger partial charge in [-0.25, -0.2) is 0 Å². The van der Waals surface area contributed by atoms with Gasteiger partial charge in [-0.05, 0) is 18.6 Å². The van der Waals surface area contributed by atoms with Gasteiger partial charge < -0.3 is 15.2 Å². The van der Waals surface area contributed by atoms with Crippen molar-refractivity contribution in [1.29, 1.82) is 0 Å². The average Bonchev–Trinajstić information content (AvgIpc) is 2.34. The highest BCUT2D eigenvalue weighted by Crippen LogP contribution is 2.19. The van der Waals surface area contributed by atoms with Crippen molar-refractivity contribution in [3.05, 3.63) is 23.8 Å². The van der Waals surface area contributed by atoms with E-state index in [0.29, 0.717) is 5.56 Å². The number of morpholine rings is 1. The molecule has 0 aliphatic carbocycles. The molecule has 1 aliphatic rings. The molecule has 0 amide bonds. The lowest BCUT2D eigenvalue weighted by molar-refractivity contribution is 0.109. The standard InChI is InChI=1S/C7H8O4S.C4H9NO/c1-5-2-3-6(8)4-7(5)12(9,10)11;1-3-6-4-2-5-1/h2-4,8H,1H3,(H,9,10,11);5H,1-4H2. The number of hydrogen-bond donors (Lipinski definition) is 3. The molecule has 6 nitrogen and oxygen atoms in total. The minimum atomic E-state index is -4.22. The van der Waals surface area contributed by atoms with Crippen LogP contribution in [0.2, 0.25) is 0 Å². The van der Waals surface area contributed by atoms with Gasteiger partial charge in [-0.3, -0.25) is 4.55 Å². The molecule has 0 unspecified atom stereocenters. The van der Waals surface area contributed by atoms with Gasteiger partial charge in [-0.1, -0.05) is 6.07 Å². The van der Waals surface area contributed by atoms with Crippen LogP contribution in [0, 0.1) is 6.92 Å². The number of aryl methyl sites for hydroxylation is 1. The summed E-state index contributed by atoms with van der Waals surface area (Å²) in [5, 5.41) is 12.1. The van der Waals surface area contributed by atoms with Crippen LogP contribution in [0.4, 0.5) is 0 Å². The molecule has 0 bridgehead atoms. The van der Waals surface area contributed by atoms with Crippen molar-refractivity contribution in [2.24, 2.45) is 0 Å². The molecule has 1 heterocycles. The summed E-state index contributed by atoms with van der Waals surface area (Å²) in [5.41, 5.74) is 0.398. The van der Waals surface area contributed by atoms with Crippen LogP contribution in [0.15, 0.2) is 23.1 Å². The Balaban J connectivity index is 0.000000225. The molecule has 0 atom stereocenters. The molecule has 0 aromatic heterocycles. The first-order valence-electron chi connectivity index (χ1n) is 5.47. The molecule has 0 saturated carbocycles. The van der Waals surface area contributed by atoms with Crippen LogP contribution in [0.5, 0.6) is 5.75 Å². The second kappa shape index (κ2) is 6.69. The third-order valence-corrected chi connectivity index (χ3v) is 3.29. The van der Waals surface area contributed by atoms with Gasteiger partial charge in [0.25, 0.3) is 10.1 Å². The minimum absolute atomic E-state index is 0.187. The normalized spacial score (nSPS) is 15.7. The highest BCUT2D eigenvalue weighted by Gasteiger charge is 2.12. The zero-order chi connectivity index (χ0) is 13.6.